The molecule has 0 aliphatic heterocycles. The molecule has 0 bridgehead atoms. The van der Waals surface area contributed by atoms with Crippen molar-refractivity contribution in [2.24, 2.45) is 0 Å². The number of benzene rings is 1. The number of nitrogens with one attached hydrogen (secondary N) is 1. The van der Waals surface area contributed by atoms with Gasteiger partial charge in [-0.25, -0.2) is 14.0 Å². The fourth-order valence-corrected chi connectivity index (χ4v) is 3.14. The van der Waals surface area contributed by atoms with Gasteiger partial charge in [0.15, 0.2) is 0 Å². The monoisotopic (exact) mass is 442 g/mol. The quantitative estimate of drug-likeness (QED) is 0.674. The summed E-state index contributed by atoms with van der Waals surface area (Å²) >= 11 is 3.28. The first kappa shape index (κ1) is 21.2. The molecule has 1 unspecified atom stereocenters. The van der Waals surface area contributed by atoms with Crippen LogP contribution < -0.4 is 5.32 Å². The molecule has 1 aromatic heterocycles. The van der Waals surface area contributed by atoms with Gasteiger partial charge in [0.25, 0.3) is 0 Å². The summed E-state index contributed by atoms with van der Waals surface area (Å²) < 4.78 is 26.9. The van der Waals surface area contributed by atoms with Gasteiger partial charge in [0.05, 0.1) is 12.1 Å². The number of hydrogen-bond acceptors (Lipinski definition) is 4. The summed E-state index contributed by atoms with van der Waals surface area (Å²) in [6, 6.07) is 4.19. The van der Waals surface area contributed by atoms with E-state index in [0.29, 0.717) is 15.4 Å². The zero-order valence-corrected chi connectivity index (χ0v) is 17.6. The number of aromatic nitrogens is 1. The van der Waals surface area contributed by atoms with E-state index in [1.54, 1.807) is 38.3 Å². The van der Waals surface area contributed by atoms with Crippen LogP contribution >= 0.6 is 15.9 Å². The van der Waals surface area contributed by atoms with Gasteiger partial charge in [-0.3, -0.25) is 0 Å². The number of nitrogens with zero attached hydrogens (tertiary/aromatic N) is 1. The van der Waals surface area contributed by atoms with E-state index < -0.39 is 23.5 Å². The van der Waals surface area contributed by atoms with Crippen molar-refractivity contribution >= 4 is 38.9 Å². The lowest BCUT2D eigenvalue weighted by Gasteiger charge is -2.22. The number of esters is 1. The molecule has 1 amide bonds. The molecule has 0 saturated heterocycles. The Morgan fingerprint density at radius 3 is 2.56 bits per heavy atom. The third-order valence-corrected chi connectivity index (χ3v) is 4.20. The number of carbonyl (C=O) groups is 2. The van der Waals surface area contributed by atoms with E-state index in [1.807, 2.05) is 6.92 Å². The molecular weight excluding hydrogens is 419 g/mol. The highest BCUT2D eigenvalue weighted by atomic mass is 79.9. The predicted molar refractivity (Wildman–Crippen MR) is 105 cm³/mol. The second kappa shape index (κ2) is 8.29. The van der Waals surface area contributed by atoms with Crippen LogP contribution in [0.4, 0.5) is 9.18 Å². The van der Waals surface area contributed by atoms with Crippen molar-refractivity contribution < 1.29 is 23.5 Å². The van der Waals surface area contributed by atoms with Gasteiger partial charge in [-0.2, -0.15) is 0 Å². The van der Waals surface area contributed by atoms with E-state index in [4.69, 9.17) is 9.47 Å². The highest BCUT2D eigenvalue weighted by Gasteiger charge is 2.23. The van der Waals surface area contributed by atoms with Crippen LogP contribution in [0.25, 0.3) is 10.9 Å². The van der Waals surface area contributed by atoms with Crippen molar-refractivity contribution in [3.05, 3.63) is 34.2 Å². The number of fused-ring (bicyclic) bond motifs is 1. The maximum atomic E-state index is 14.4. The Balaban J connectivity index is 2.37. The largest absolute Gasteiger partial charge is 0.461 e. The van der Waals surface area contributed by atoms with E-state index in [1.165, 1.54) is 12.1 Å². The van der Waals surface area contributed by atoms with E-state index in [0.717, 1.165) is 0 Å². The second-order valence-corrected chi connectivity index (χ2v) is 8.09. The standard InChI is InChI=1S/C19H24BrFN2O4/c1-6-26-17(24)16-9-13-14(21)7-12(20)8-15(13)23(16)11(2)10-22-18(25)27-19(3,4)5/h7-9,11H,6,10H2,1-5H3,(H,22,25). The molecule has 148 valence electrons. The number of carbonyl (C=O) groups excluding carboxylic acids is 2. The second-order valence-electron chi connectivity index (χ2n) is 7.17. The van der Waals surface area contributed by atoms with Gasteiger partial charge in [0.2, 0.25) is 0 Å². The van der Waals surface area contributed by atoms with Crippen LogP contribution in [0.3, 0.4) is 0 Å². The summed E-state index contributed by atoms with van der Waals surface area (Å²) in [5.41, 5.74) is 0.142. The Labute approximate surface area is 166 Å². The molecule has 2 rings (SSSR count). The van der Waals surface area contributed by atoms with Crippen LogP contribution in [0.2, 0.25) is 0 Å². The molecule has 27 heavy (non-hydrogen) atoms. The Kier molecular flexibility index (Phi) is 6.51. The Morgan fingerprint density at radius 1 is 1.30 bits per heavy atom. The number of amides is 1. The SMILES string of the molecule is CCOC(=O)c1cc2c(F)cc(Br)cc2n1C(C)CNC(=O)OC(C)(C)C. The van der Waals surface area contributed by atoms with Crippen molar-refractivity contribution in [3.63, 3.8) is 0 Å². The maximum Gasteiger partial charge on any atom is 0.407 e. The zero-order chi connectivity index (χ0) is 20.4. The van der Waals surface area contributed by atoms with Crippen LogP contribution in [0.1, 0.15) is 51.1 Å². The summed E-state index contributed by atoms with van der Waals surface area (Å²) in [7, 11) is 0. The van der Waals surface area contributed by atoms with Crippen LogP contribution in [0, 0.1) is 5.82 Å². The number of hydrogen-bond donors (Lipinski definition) is 1. The number of halogens is 2. The van der Waals surface area contributed by atoms with Crippen LogP contribution in [0.15, 0.2) is 22.7 Å². The zero-order valence-electron chi connectivity index (χ0n) is 16.1. The van der Waals surface area contributed by atoms with Gasteiger partial charge in [-0.1, -0.05) is 15.9 Å². The van der Waals surface area contributed by atoms with Crippen molar-refractivity contribution in [2.45, 2.75) is 46.3 Å². The van der Waals surface area contributed by atoms with Crippen molar-refractivity contribution in [2.75, 3.05) is 13.2 Å². The van der Waals surface area contributed by atoms with Crippen molar-refractivity contribution in [1.82, 2.24) is 9.88 Å². The minimum absolute atomic E-state index is 0.194. The molecule has 0 aliphatic rings. The van der Waals surface area contributed by atoms with Gasteiger partial charge < -0.3 is 19.4 Å². The average Bonchev–Trinajstić information content (AvgIpc) is 2.91. The molecule has 0 fully saturated rings. The molecule has 0 saturated carbocycles. The normalized spacial score (nSPS) is 12.7. The smallest absolute Gasteiger partial charge is 0.407 e. The Bertz CT molecular complexity index is 857. The van der Waals surface area contributed by atoms with E-state index in [2.05, 4.69) is 21.2 Å². The fraction of sp³-hybridized carbons (Fsp3) is 0.474. The molecular formula is C19H24BrFN2O4. The van der Waals surface area contributed by atoms with Gasteiger partial charge in [-0.05, 0) is 52.8 Å². The molecule has 8 heteroatoms. The summed E-state index contributed by atoms with van der Waals surface area (Å²) in [5, 5.41) is 2.99. The molecule has 6 nitrogen and oxygen atoms in total. The molecule has 0 aliphatic carbocycles. The fourth-order valence-electron chi connectivity index (χ4n) is 2.72. The van der Waals surface area contributed by atoms with E-state index >= 15 is 0 Å². The molecule has 2 aromatic rings. The van der Waals surface area contributed by atoms with Crippen LogP contribution in [-0.4, -0.2) is 35.4 Å². The lowest BCUT2D eigenvalue weighted by atomic mass is 10.2. The molecule has 1 N–H and O–H groups in total. The van der Waals surface area contributed by atoms with Gasteiger partial charge in [0, 0.05) is 22.4 Å². The van der Waals surface area contributed by atoms with Gasteiger partial charge in [-0.15, -0.1) is 0 Å². The number of alkyl carbamates (subject to hydrolysis) is 1. The predicted octanol–water partition coefficient (Wildman–Crippen LogP) is 4.81. The van der Waals surface area contributed by atoms with Gasteiger partial charge in [0.1, 0.15) is 17.1 Å². The Hall–Kier alpha value is -2.09. The molecule has 1 aromatic carbocycles. The summed E-state index contributed by atoms with van der Waals surface area (Å²) in [6.07, 6.45) is -0.559. The van der Waals surface area contributed by atoms with Gasteiger partial charge >= 0.3 is 12.1 Å². The highest BCUT2D eigenvalue weighted by Crippen LogP contribution is 2.30. The first-order valence-electron chi connectivity index (χ1n) is 8.67. The summed E-state index contributed by atoms with van der Waals surface area (Å²) in [5.74, 6) is -0.996. The molecule has 1 atom stereocenters. The minimum Gasteiger partial charge on any atom is -0.461 e. The lowest BCUT2D eigenvalue weighted by molar-refractivity contribution is 0.0512. The van der Waals surface area contributed by atoms with E-state index in [-0.39, 0.29) is 24.9 Å². The van der Waals surface area contributed by atoms with Crippen molar-refractivity contribution in [1.29, 1.82) is 0 Å². The third kappa shape index (κ3) is 5.22. The first-order chi connectivity index (χ1) is 12.5. The van der Waals surface area contributed by atoms with Crippen LogP contribution in [0.5, 0.6) is 0 Å². The number of rotatable bonds is 5. The molecule has 1 heterocycles. The minimum atomic E-state index is -0.614. The van der Waals surface area contributed by atoms with E-state index in [9.17, 15) is 14.0 Å². The third-order valence-electron chi connectivity index (χ3n) is 3.74. The van der Waals surface area contributed by atoms with Crippen LogP contribution in [-0.2, 0) is 9.47 Å². The topological polar surface area (TPSA) is 69.6 Å². The highest BCUT2D eigenvalue weighted by molar-refractivity contribution is 9.10. The molecule has 0 radical (unpaired) electrons. The lowest BCUT2D eigenvalue weighted by Crippen LogP contribution is -2.35. The molecule has 0 spiro atoms. The maximum absolute atomic E-state index is 14.4. The first-order valence-corrected chi connectivity index (χ1v) is 9.46. The summed E-state index contributed by atoms with van der Waals surface area (Å²) in [4.78, 5) is 24.3. The average molecular weight is 443 g/mol. The summed E-state index contributed by atoms with van der Waals surface area (Å²) in [6.45, 7) is 9.24. The van der Waals surface area contributed by atoms with Crippen molar-refractivity contribution in [3.8, 4) is 0 Å². The Morgan fingerprint density at radius 2 is 1.96 bits per heavy atom. The number of ether oxygens (including phenoxy) is 2.